The highest BCUT2D eigenvalue weighted by Crippen LogP contribution is 2.32. The summed E-state index contributed by atoms with van der Waals surface area (Å²) in [6.07, 6.45) is 0.838. The Morgan fingerprint density at radius 1 is 1.57 bits per heavy atom. The Hall–Kier alpha value is -1.06. The Labute approximate surface area is 90.3 Å². The van der Waals surface area contributed by atoms with Gasteiger partial charge in [-0.2, -0.15) is 0 Å². The molecule has 1 aromatic heterocycles. The van der Waals surface area contributed by atoms with E-state index in [-0.39, 0.29) is 0 Å². The molecule has 4 heteroatoms. The van der Waals surface area contributed by atoms with Gasteiger partial charge in [0.1, 0.15) is 0 Å². The molecule has 0 saturated heterocycles. The van der Waals surface area contributed by atoms with Gasteiger partial charge in [-0.1, -0.05) is 0 Å². The first kappa shape index (κ1) is 9.49. The number of hydrogen-bond donors (Lipinski definition) is 1. The maximum Gasteiger partial charge on any atom is 0.150 e. The van der Waals surface area contributed by atoms with Crippen LogP contribution in [0.3, 0.4) is 0 Å². The van der Waals surface area contributed by atoms with Gasteiger partial charge in [0.25, 0.3) is 0 Å². The Morgan fingerprint density at radius 2 is 2.36 bits per heavy atom. The number of fused-ring (bicyclic) bond motifs is 1. The van der Waals surface area contributed by atoms with Crippen LogP contribution >= 0.6 is 22.9 Å². The molecular formula is C10H8ClNOS. The fourth-order valence-corrected chi connectivity index (χ4v) is 2.57. The van der Waals surface area contributed by atoms with Crippen molar-refractivity contribution in [2.45, 2.75) is 5.88 Å². The molecule has 0 aliphatic carbocycles. The van der Waals surface area contributed by atoms with E-state index in [9.17, 15) is 4.79 Å². The van der Waals surface area contributed by atoms with Crippen LogP contribution in [0.5, 0.6) is 0 Å². The van der Waals surface area contributed by atoms with E-state index < -0.39 is 0 Å². The molecule has 2 rings (SSSR count). The predicted octanol–water partition coefficient (Wildman–Crippen LogP) is 3.03. The number of nitrogens with two attached hydrogens (primary N) is 1. The van der Waals surface area contributed by atoms with Gasteiger partial charge in [0.2, 0.25) is 0 Å². The van der Waals surface area contributed by atoms with Crippen LogP contribution in [-0.4, -0.2) is 6.29 Å². The average Bonchev–Trinajstić information content (AvgIpc) is 2.68. The van der Waals surface area contributed by atoms with Crippen molar-refractivity contribution in [3.63, 3.8) is 0 Å². The fraction of sp³-hybridized carbons (Fsp3) is 0.100. The SMILES string of the molecule is Nc1c(CCl)cc(C=O)c2ccsc12. The zero-order valence-electron chi connectivity index (χ0n) is 7.29. The van der Waals surface area contributed by atoms with Gasteiger partial charge in [-0.25, -0.2) is 0 Å². The molecule has 0 amide bonds. The topological polar surface area (TPSA) is 43.1 Å². The van der Waals surface area contributed by atoms with Gasteiger partial charge in [-0.05, 0) is 23.1 Å². The van der Waals surface area contributed by atoms with E-state index in [4.69, 9.17) is 17.3 Å². The Bertz CT molecular complexity index is 492. The highest BCUT2D eigenvalue weighted by atomic mass is 35.5. The summed E-state index contributed by atoms with van der Waals surface area (Å²) < 4.78 is 0.949. The van der Waals surface area contributed by atoms with Crippen LogP contribution in [0.4, 0.5) is 5.69 Å². The lowest BCUT2D eigenvalue weighted by molar-refractivity contribution is 0.112. The first-order valence-corrected chi connectivity index (χ1v) is 5.49. The number of aldehydes is 1. The van der Waals surface area contributed by atoms with Gasteiger partial charge in [0, 0.05) is 16.8 Å². The number of rotatable bonds is 2. The van der Waals surface area contributed by atoms with Gasteiger partial charge in [-0.15, -0.1) is 22.9 Å². The first-order chi connectivity index (χ1) is 6.77. The van der Waals surface area contributed by atoms with Crippen LogP contribution in [0.15, 0.2) is 17.5 Å². The number of thiophene rings is 1. The zero-order chi connectivity index (χ0) is 10.1. The van der Waals surface area contributed by atoms with Gasteiger partial charge in [0.15, 0.2) is 6.29 Å². The van der Waals surface area contributed by atoms with Crippen molar-refractivity contribution in [1.82, 2.24) is 0 Å². The zero-order valence-corrected chi connectivity index (χ0v) is 8.86. The maximum atomic E-state index is 10.8. The van der Waals surface area contributed by atoms with Gasteiger partial charge >= 0.3 is 0 Å². The monoisotopic (exact) mass is 225 g/mol. The maximum absolute atomic E-state index is 10.8. The van der Waals surface area contributed by atoms with E-state index >= 15 is 0 Å². The number of anilines is 1. The van der Waals surface area contributed by atoms with Gasteiger partial charge in [0.05, 0.1) is 10.4 Å². The summed E-state index contributed by atoms with van der Waals surface area (Å²) in [6.45, 7) is 0. The number of benzene rings is 1. The fourth-order valence-electron chi connectivity index (χ4n) is 1.44. The molecule has 0 bridgehead atoms. The minimum atomic E-state index is 0.334. The van der Waals surface area contributed by atoms with Gasteiger partial charge in [-0.3, -0.25) is 4.79 Å². The standard InChI is InChI=1S/C10H8ClNOS/c11-4-6-3-7(5-13)8-1-2-14-10(8)9(6)12/h1-3,5H,4,12H2. The Balaban J connectivity index is 2.86. The number of carbonyl (C=O) groups excluding carboxylic acids is 1. The summed E-state index contributed by atoms with van der Waals surface area (Å²) in [4.78, 5) is 10.8. The van der Waals surface area contributed by atoms with Crippen molar-refractivity contribution in [3.8, 4) is 0 Å². The quantitative estimate of drug-likeness (QED) is 0.485. The van der Waals surface area contributed by atoms with E-state index in [1.165, 1.54) is 11.3 Å². The normalized spacial score (nSPS) is 10.6. The van der Waals surface area contributed by atoms with Crippen molar-refractivity contribution in [2.75, 3.05) is 5.73 Å². The molecule has 2 aromatic rings. The van der Waals surface area contributed by atoms with Crippen LogP contribution in [0.25, 0.3) is 10.1 Å². The molecule has 0 unspecified atom stereocenters. The van der Waals surface area contributed by atoms with Crippen LogP contribution in [0.1, 0.15) is 15.9 Å². The van der Waals surface area contributed by atoms with E-state index in [2.05, 4.69) is 0 Å². The van der Waals surface area contributed by atoms with E-state index in [1.54, 1.807) is 6.07 Å². The summed E-state index contributed by atoms with van der Waals surface area (Å²) >= 11 is 7.27. The summed E-state index contributed by atoms with van der Waals surface area (Å²) in [7, 11) is 0. The molecule has 0 atom stereocenters. The molecule has 14 heavy (non-hydrogen) atoms. The Morgan fingerprint density at radius 3 is 3.00 bits per heavy atom. The van der Waals surface area contributed by atoms with Crippen LogP contribution < -0.4 is 5.73 Å². The average molecular weight is 226 g/mol. The third-order valence-corrected chi connectivity index (χ3v) is 3.40. The Kier molecular flexibility index (Phi) is 2.44. The lowest BCUT2D eigenvalue weighted by Crippen LogP contribution is -1.94. The van der Waals surface area contributed by atoms with Crippen LogP contribution in [-0.2, 0) is 5.88 Å². The van der Waals surface area contributed by atoms with Crippen molar-refractivity contribution in [1.29, 1.82) is 0 Å². The largest absolute Gasteiger partial charge is 0.397 e. The van der Waals surface area contributed by atoms with Crippen molar-refractivity contribution in [2.24, 2.45) is 0 Å². The molecule has 72 valence electrons. The minimum Gasteiger partial charge on any atom is -0.397 e. The number of halogens is 1. The molecule has 0 saturated carbocycles. The van der Waals surface area contributed by atoms with Crippen LogP contribution in [0.2, 0.25) is 0 Å². The molecule has 1 aromatic carbocycles. The minimum absolute atomic E-state index is 0.334. The number of carbonyl (C=O) groups is 1. The summed E-state index contributed by atoms with van der Waals surface area (Å²) in [5.41, 5.74) is 8.08. The summed E-state index contributed by atoms with van der Waals surface area (Å²) in [5, 5.41) is 2.84. The second kappa shape index (κ2) is 3.59. The van der Waals surface area contributed by atoms with Gasteiger partial charge < -0.3 is 5.73 Å². The number of hydrogen-bond acceptors (Lipinski definition) is 3. The molecule has 0 aliphatic heterocycles. The van der Waals surface area contributed by atoms with Crippen molar-refractivity contribution in [3.05, 3.63) is 28.6 Å². The molecule has 0 radical (unpaired) electrons. The predicted molar refractivity (Wildman–Crippen MR) is 61.2 cm³/mol. The lowest BCUT2D eigenvalue weighted by Gasteiger charge is -2.05. The molecular weight excluding hydrogens is 218 g/mol. The number of nitrogen functional groups attached to an aromatic ring is 1. The molecule has 2 N–H and O–H groups in total. The summed E-state index contributed by atoms with van der Waals surface area (Å²) in [5.74, 6) is 0.334. The van der Waals surface area contributed by atoms with Crippen LogP contribution in [0, 0.1) is 0 Å². The van der Waals surface area contributed by atoms with E-state index in [0.29, 0.717) is 17.1 Å². The highest BCUT2D eigenvalue weighted by Gasteiger charge is 2.09. The van der Waals surface area contributed by atoms with Crippen molar-refractivity contribution < 1.29 is 4.79 Å². The molecule has 0 spiro atoms. The first-order valence-electron chi connectivity index (χ1n) is 4.07. The highest BCUT2D eigenvalue weighted by molar-refractivity contribution is 7.17. The third kappa shape index (κ3) is 1.29. The molecule has 2 nitrogen and oxygen atoms in total. The van der Waals surface area contributed by atoms with E-state index in [1.807, 2.05) is 11.4 Å². The smallest absolute Gasteiger partial charge is 0.150 e. The summed E-state index contributed by atoms with van der Waals surface area (Å²) in [6, 6.07) is 3.66. The third-order valence-electron chi connectivity index (χ3n) is 2.17. The second-order valence-electron chi connectivity index (χ2n) is 2.95. The molecule has 0 fully saturated rings. The molecule has 0 aliphatic rings. The lowest BCUT2D eigenvalue weighted by atomic mass is 10.1. The number of alkyl halides is 1. The molecule has 1 heterocycles. The second-order valence-corrected chi connectivity index (χ2v) is 4.14. The van der Waals surface area contributed by atoms with Crippen molar-refractivity contribution >= 4 is 45.0 Å². The van der Waals surface area contributed by atoms with E-state index in [0.717, 1.165) is 21.9 Å².